The lowest BCUT2D eigenvalue weighted by atomic mass is 10.0. The maximum absolute atomic E-state index is 11.6. The Morgan fingerprint density at radius 1 is 0.882 bits per heavy atom. The lowest BCUT2D eigenvalue weighted by Crippen LogP contribution is -2.48. The molecule has 2 aromatic heterocycles. The fourth-order valence-electron chi connectivity index (χ4n) is 4.62. The molecule has 1 saturated heterocycles. The minimum Gasteiger partial charge on any atom is -0.394 e. The third-order valence-electron chi connectivity index (χ3n) is 6.70. The Bertz CT molecular complexity index is 1380. The van der Waals surface area contributed by atoms with Gasteiger partial charge in [-0.1, -0.05) is 18.2 Å². The summed E-state index contributed by atoms with van der Waals surface area (Å²) in [4.78, 5) is 23.9. The molecule has 1 fully saturated rings. The largest absolute Gasteiger partial charge is 0.394 e. The van der Waals surface area contributed by atoms with Gasteiger partial charge >= 0.3 is 0 Å². The van der Waals surface area contributed by atoms with Crippen LogP contribution in [0.4, 0.5) is 17.2 Å². The Morgan fingerprint density at radius 2 is 1.59 bits per heavy atom. The standard InChI is InChI=1S/C27H30N6O/c1-17(2)32-9-11-33(12-10-32)22-6-3-18(4-7-22)23-14-20-13-19(5-8-25(20)31-26(23)29)21-15-24(28)27(34)30-16-21/h3-8,13-17H,9-12,28H2,1-2H3,(H2,29,31)(H,30,34). The third kappa shape index (κ3) is 4.22. The molecule has 34 heavy (non-hydrogen) atoms. The minimum absolute atomic E-state index is 0.194. The molecule has 7 heteroatoms. The highest BCUT2D eigenvalue weighted by molar-refractivity contribution is 5.91. The number of pyridine rings is 2. The van der Waals surface area contributed by atoms with E-state index in [0.29, 0.717) is 11.9 Å². The number of fused-ring (bicyclic) bond motifs is 1. The van der Waals surface area contributed by atoms with Gasteiger partial charge in [0.15, 0.2) is 0 Å². The fraction of sp³-hybridized carbons (Fsp3) is 0.259. The molecule has 5 rings (SSSR count). The molecule has 4 aromatic rings. The molecule has 1 aliphatic heterocycles. The number of nitrogens with zero attached hydrogens (tertiary/aromatic N) is 3. The molecule has 5 N–H and O–H groups in total. The number of aromatic nitrogens is 2. The number of piperazine rings is 1. The van der Waals surface area contributed by atoms with Crippen molar-refractivity contribution in [3.8, 4) is 22.3 Å². The van der Waals surface area contributed by atoms with Crippen LogP contribution in [0.2, 0.25) is 0 Å². The van der Waals surface area contributed by atoms with Crippen LogP contribution in [0.15, 0.2) is 65.6 Å². The van der Waals surface area contributed by atoms with Crippen LogP contribution in [0.5, 0.6) is 0 Å². The summed E-state index contributed by atoms with van der Waals surface area (Å²) in [5, 5.41) is 0.973. The van der Waals surface area contributed by atoms with Crippen molar-refractivity contribution in [2.45, 2.75) is 19.9 Å². The second-order valence-electron chi connectivity index (χ2n) is 9.17. The van der Waals surface area contributed by atoms with Gasteiger partial charge in [0, 0.05) is 60.6 Å². The van der Waals surface area contributed by atoms with Crippen molar-refractivity contribution in [1.82, 2.24) is 14.9 Å². The maximum atomic E-state index is 11.6. The number of anilines is 3. The van der Waals surface area contributed by atoms with E-state index in [9.17, 15) is 4.79 Å². The number of aromatic amines is 1. The van der Waals surface area contributed by atoms with Gasteiger partial charge in [-0.2, -0.15) is 0 Å². The van der Waals surface area contributed by atoms with Crippen molar-refractivity contribution >= 4 is 28.1 Å². The quantitative estimate of drug-likeness (QED) is 0.431. The number of benzene rings is 2. The number of hydrogen-bond donors (Lipinski definition) is 3. The second kappa shape index (κ2) is 8.83. The normalized spacial score (nSPS) is 14.7. The van der Waals surface area contributed by atoms with Gasteiger partial charge in [-0.15, -0.1) is 0 Å². The maximum Gasteiger partial charge on any atom is 0.271 e. The Kier molecular flexibility index (Phi) is 5.71. The predicted octanol–water partition coefficient (Wildman–Crippen LogP) is 3.95. The zero-order valence-electron chi connectivity index (χ0n) is 19.6. The van der Waals surface area contributed by atoms with Crippen molar-refractivity contribution in [2.24, 2.45) is 0 Å². The van der Waals surface area contributed by atoms with Crippen LogP contribution in [-0.2, 0) is 0 Å². The van der Waals surface area contributed by atoms with Gasteiger partial charge < -0.3 is 21.4 Å². The molecule has 0 unspecified atom stereocenters. The number of nitrogens with one attached hydrogen (secondary N) is 1. The predicted molar refractivity (Wildman–Crippen MR) is 141 cm³/mol. The van der Waals surface area contributed by atoms with Gasteiger partial charge in [-0.05, 0) is 61.4 Å². The Morgan fingerprint density at radius 3 is 2.26 bits per heavy atom. The van der Waals surface area contributed by atoms with Crippen LogP contribution in [-0.4, -0.2) is 47.1 Å². The van der Waals surface area contributed by atoms with Crippen molar-refractivity contribution < 1.29 is 0 Å². The molecule has 0 spiro atoms. The van der Waals surface area contributed by atoms with Gasteiger partial charge in [-0.3, -0.25) is 9.69 Å². The van der Waals surface area contributed by atoms with Crippen LogP contribution < -0.4 is 21.9 Å². The lowest BCUT2D eigenvalue weighted by Gasteiger charge is -2.38. The average molecular weight is 455 g/mol. The van der Waals surface area contributed by atoms with Crippen molar-refractivity contribution in [2.75, 3.05) is 42.5 Å². The van der Waals surface area contributed by atoms with Gasteiger partial charge in [-0.25, -0.2) is 4.98 Å². The highest BCUT2D eigenvalue weighted by atomic mass is 16.1. The van der Waals surface area contributed by atoms with E-state index in [4.69, 9.17) is 11.5 Å². The van der Waals surface area contributed by atoms with E-state index in [1.165, 1.54) is 5.69 Å². The molecule has 0 atom stereocenters. The van der Waals surface area contributed by atoms with E-state index in [2.05, 4.69) is 63.9 Å². The summed E-state index contributed by atoms with van der Waals surface area (Å²) in [5.41, 5.74) is 17.8. The number of nitrogens with two attached hydrogens (primary N) is 2. The van der Waals surface area contributed by atoms with Crippen LogP contribution in [0, 0.1) is 0 Å². The van der Waals surface area contributed by atoms with E-state index in [1.807, 2.05) is 18.2 Å². The van der Waals surface area contributed by atoms with Crippen LogP contribution in [0.1, 0.15) is 13.8 Å². The smallest absolute Gasteiger partial charge is 0.271 e. The molecule has 0 radical (unpaired) electrons. The molecule has 7 nitrogen and oxygen atoms in total. The first-order valence-electron chi connectivity index (χ1n) is 11.7. The van der Waals surface area contributed by atoms with Gasteiger partial charge in [0.1, 0.15) is 5.82 Å². The average Bonchev–Trinajstić information content (AvgIpc) is 2.85. The van der Waals surface area contributed by atoms with Crippen molar-refractivity contribution in [3.63, 3.8) is 0 Å². The van der Waals surface area contributed by atoms with E-state index in [-0.39, 0.29) is 11.2 Å². The molecular weight excluding hydrogens is 424 g/mol. The lowest BCUT2D eigenvalue weighted by molar-refractivity contribution is 0.209. The first-order valence-corrected chi connectivity index (χ1v) is 11.7. The Labute approximate surface area is 199 Å². The van der Waals surface area contributed by atoms with Crippen LogP contribution in [0.3, 0.4) is 0 Å². The molecule has 0 bridgehead atoms. The van der Waals surface area contributed by atoms with Crippen molar-refractivity contribution in [3.05, 3.63) is 71.1 Å². The number of H-pyrrole nitrogens is 1. The molecule has 0 saturated carbocycles. The third-order valence-corrected chi connectivity index (χ3v) is 6.70. The molecule has 2 aromatic carbocycles. The first kappa shape index (κ1) is 22.0. The summed E-state index contributed by atoms with van der Waals surface area (Å²) in [5.74, 6) is 0.506. The van der Waals surface area contributed by atoms with E-state index < -0.39 is 0 Å². The first-order chi connectivity index (χ1) is 16.4. The molecule has 174 valence electrons. The highest BCUT2D eigenvalue weighted by Gasteiger charge is 2.19. The Balaban J connectivity index is 1.43. The number of hydrogen-bond acceptors (Lipinski definition) is 6. The summed E-state index contributed by atoms with van der Waals surface area (Å²) >= 11 is 0. The van der Waals surface area contributed by atoms with Crippen LogP contribution in [0.25, 0.3) is 33.2 Å². The summed E-state index contributed by atoms with van der Waals surface area (Å²) in [6, 6.07) is 18.9. The van der Waals surface area contributed by atoms with E-state index in [0.717, 1.165) is 59.3 Å². The number of rotatable bonds is 4. The van der Waals surface area contributed by atoms with Crippen LogP contribution >= 0.6 is 0 Å². The topological polar surface area (TPSA) is 104 Å². The van der Waals surface area contributed by atoms with E-state index in [1.54, 1.807) is 12.3 Å². The summed E-state index contributed by atoms with van der Waals surface area (Å²) in [7, 11) is 0. The summed E-state index contributed by atoms with van der Waals surface area (Å²) < 4.78 is 0. The van der Waals surface area contributed by atoms with Crippen molar-refractivity contribution in [1.29, 1.82) is 0 Å². The monoisotopic (exact) mass is 454 g/mol. The fourth-order valence-corrected chi connectivity index (χ4v) is 4.62. The molecule has 1 aliphatic rings. The summed E-state index contributed by atoms with van der Waals surface area (Å²) in [6.45, 7) is 8.76. The molecular formula is C27H30N6O. The minimum atomic E-state index is -0.286. The van der Waals surface area contributed by atoms with E-state index >= 15 is 0 Å². The number of nitrogen functional groups attached to an aromatic ring is 2. The summed E-state index contributed by atoms with van der Waals surface area (Å²) in [6.07, 6.45) is 1.67. The Hall–Kier alpha value is -3.84. The van der Waals surface area contributed by atoms with Gasteiger partial charge in [0.25, 0.3) is 5.56 Å². The SMILES string of the molecule is CC(C)N1CCN(c2ccc(-c3cc4cc(-c5c[nH]c(=O)c(N)c5)ccc4nc3N)cc2)CC1. The molecule has 3 heterocycles. The van der Waals surface area contributed by atoms with Gasteiger partial charge in [0.2, 0.25) is 0 Å². The highest BCUT2D eigenvalue weighted by Crippen LogP contribution is 2.32. The zero-order valence-corrected chi connectivity index (χ0v) is 19.6. The molecule has 0 amide bonds. The molecule has 0 aliphatic carbocycles. The zero-order chi connectivity index (χ0) is 23.8. The second-order valence-corrected chi connectivity index (χ2v) is 9.17. The van der Waals surface area contributed by atoms with Gasteiger partial charge in [0.05, 0.1) is 11.2 Å².